The van der Waals surface area contributed by atoms with Crippen molar-refractivity contribution in [2.45, 2.75) is 30.6 Å². The highest BCUT2D eigenvalue weighted by atomic mass is 79.9. The summed E-state index contributed by atoms with van der Waals surface area (Å²) in [6.45, 7) is 3.82. The summed E-state index contributed by atoms with van der Waals surface area (Å²) in [5, 5.41) is 9.16. The van der Waals surface area contributed by atoms with Crippen LogP contribution in [0, 0.1) is 6.92 Å². The first-order valence-corrected chi connectivity index (χ1v) is 8.20. The molecule has 0 saturated heterocycles. The lowest BCUT2D eigenvalue weighted by Gasteiger charge is -2.16. The molecule has 0 aliphatic heterocycles. The standard InChI is InChI=1S/C10H16BrNO3S2/c1-7-6-9(16-10(7)11)17(14,15)12(3)5-4-8(2)13/h6,8,13H,4-5H2,1-3H3. The molecule has 0 radical (unpaired) electrons. The van der Waals surface area contributed by atoms with E-state index in [4.69, 9.17) is 5.11 Å². The van der Waals surface area contributed by atoms with Gasteiger partial charge in [0.1, 0.15) is 4.21 Å². The molecule has 0 aliphatic carbocycles. The zero-order valence-electron chi connectivity index (χ0n) is 9.97. The van der Waals surface area contributed by atoms with Gasteiger partial charge >= 0.3 is 0 Å². The second kappa shape index (κ2) is 5.79. The Morgan fingerprint density at radius 2 is 2.18 bits per heavy atom. The van der Waals surface area contributed by atoms with Crippen LogP contribution in [0.5, 0.6) is 0 Å². The quantitative estimate of drug-likeness (QED) is 0.893. The van der Waals surface area contributed by atoms with E-state index in [-0.39, 0.29) is 0 Å². The molecule has 1 unspecified atom stereocenters. The Balaban J connectivity index is 2.87. The third kappa shape index (κ3) is 3.75. The fourth-order valence-corrected chi connectivity index (χ4v) is 4.82. The predicted octanol–water partition coefficient (Wildman–Crippen LogP) is 2.21. The second-order valence-corrected chi connectivity index (χ2v) is 8.63. The number of aliphatic hydroxyl groups is 1. The highest BCUT2D eigenvalue weighted by Crippen LogP contribution is 2.31. The van der Waals surface area contributed by atoms with E-state index in [0.29, 0.717) is 17.2 Å². The average molecular weight is 342 g/mol. The number of sulfonamides is 1. The Hall–Kier alpha value is 0.0500. The van der Waals surface area contributed by atoms with Crippen molar-refractivity contribution in [3.05, 3.63) is 15.4 Å². The van der Waals surface area contributed by atoms with Gasteiger partial charge in [0.2, 0.25) is 0 Å². The molecule has 0 aromatic carbocycles. The van der Waals surface area contributed by atoms with E-state index in [9.17, 15) is 8.42 Å². The van der Waals surface area contributed by atoms with Crippen LogP contribution >= 0.6 is 27.3 Å². The minimum Gasteiger partial charge on any atom is -0.393 e. The number of hydrogen-bond donors (Lipinski definition) is 1. The molecule has 0 spiro atoms. The molecule has 1 rings (SSSR count). The number of aliphatic hydroxyl groups excluding tert-OH is 1. The first kappa shape index (κ1) is 15.1. The van der Waals surface area contributed by atoms with E-state index in [0.717, 1.165) is 9.35 Å². The van der Waals surface area contributed by atoms with Crippen LogP contribution in [0.1, 0.15) is 18.9 Å². The normalized spacial score (nSPS) is 14.2. The Morgan fingerprint density at radius 1 is 1.59 bits per heavy atom. The Bertz CT molecular complexity index is 462. The highest BCUT2D eigenvalue weighted by Gasteiger charge is 2.23. The minimum absolute atomic E-state index is 0.314. The number of thiophene rings is 1. The maximum absolute atomic E-state index is 12.1. The summed E-state index contributed by atoms with van der Waals surface area (Å²) >= 11 is 4.52. The molecule has 0 aliphatic rings. The molecule has 1 N–H and O–H groups in total. The molecule has 17 heavy (non-hydrogen) atoms. The molecule has 4 nitrogen and oxygen atoms in total. The first-order chi connectivity index (χ1) is 7.75. The second-order valence-electron chi connectivity index (χ2n) is 3.99. The number of rotatable bonds is 5. The summed E-state index contributed by atoms with van der Waals surface area (Å²) in [5.41, 5.74) is 0.914. The molecule has 0 bridgehead atoms. The van der Waals surface area contributed by atoms with Crippen LogP contribution in [0.4, 0.5) is 0 Å². The van der Waals surface area contributed by atoms with Crippen LogP contribution in [-0.2, 0) is 10.0 Å². The predicted molar refractivity (Wildman–Crippen MR) is 72.9 cm³/mol. The van der Waals surface area contributed by atoms with Gasteiger partial charge < -0.3 is 5.11 Å². The Morgan fingerprint density at radius 3 is 2.59 bits per heavy atom. The summed E-state index contributed by atoms with van der Waals surface area (Å²) in [5.74, 6) is 0. The van der Waals surface area contributed by atoms with Crippen LogP contribution in [-0.4, -0.2) is 37.5 Å². The van der Waals surface area contributed by atoms with Gasteiger partial charge in [-0.15, -0.1) is 11.3 Å². The van der Waals surface area contributed by atoms with Crippen molar-refractivity contribution in [1.82, 2.24) is 4.31 Å². The van der Waals surface area contributed by atoms with Gasteiger partial charge in [0.05, 0.1) is 9.89 Å². The Labute approximate surface area is 114 Å². The summed E-state index contributed by atoms with van der Waals surface area (Å²) in [6.07, 6.45) is -0.0641. The van der Waals surface area contributed by atoms with Crippen molar-refractivity contribution < 1.29 is 13.5 Å². The van der Waals surface area contributed by atoms with Crippen molar-refractivity contribution in [2.75, 3.05) is 13.6 Å². The topological polar surface area (TPSA) is 57.6 Å². The van der Waals surface area contributed by atoms with Gasteiger partial charge in [0.25, 0.3) is 10.0 Å². The fourth-order valence-electron chi connectivity index (χ4n) is 1.20. The monoisotopic (exact) mass is 341 g/mol. The third-order valence-electron chi connectivity index (χ3n) is 2.36. The van der Waals surface area contributed by atoms with Crippen molar-refractivity contribution >= 4 is 37.3 Å². The lowest BCUT2D eigenvalue weighted by molar-refractivity contribution is 0.177. The summed E-state index contributed by atoms with van der Waals surface area (Å²) < 4.78 is 26.7. The number of nitrogens with zero attached hydrogens (tertiary/aromatic N) is 1. The molecule has 1 atom stereocenters. The zero-order valence-corrected chi connectivity index (χ0v) is 13.2. The molecule has 0 amide bonds. The molecule has 0 saturated carbocycles. The van der Waals surface area contributed by atoms with Gasteiger partial charge in [0.15, 0.2) is 0 Å². The number of halogens is 1. The maximum Gasteiger partial charge on any atom is 0.252 e. The smallest absolute Gasteiger partial charge is 0.252 e. The van der Waals surface area contributed by atoms with E-state index >= 15 is 0 Å². The zero-order chi connectivity index (χ0) is 13.2. The van der Waals surface area contributed by atoms with E-state index in [1.807, 2.05) is 6.92 Å². The third-order valence-corrected chi connectivity index (χ3v) is 6.80. The van der Waals surface area contributed by atoms with Crippen molar-refractivity contribution in [2.24, 2.45) is 0 Å². The molecule has 0 fully saturated rings. The lowest BCUT2D eigenvalue weighted by Crippen LogP contribution is -2.29. The molecule has 7 heteroatoms. The van der Waals surface area contributed by atoms with Crippen LogP contribution in [0.3, 0.4) is 0 Å². The number of hydrogen-bond acceptors (Lipinski definition) is 4. The first-order valence-electron chi connectivity index (χ1n) is 5.15. The van der Waals surface area contributed by atoms with Crippen molar-refractivity contribution in [3.63, 3.8) is 0 Å². The highest BCUT2D eigenvalue weighted by molar-refractivity contribution is 9.11. The lowest BCUT2D eigenvalue weighted by atomic mass is 10.3. The molecular weight excluding hydrogens is 326 g/mol. The van der Waals surface area contributed by atoms with Crippen molar-refractivity contribution in [3.8, 4) is 0 Å². The fraction of sp³-hybridized carbons (Fsp3) is 0.600. The van der Waals surface area contributed by atoms with Crippen LogP contribution in [0.25, 0.3) is 0 Å². The molecular formula is C10H16BrNO3S2. The van der Waals surface area contributed by atoms with Gasteiger partial charge in [-0.3, -0.25) is 0 Å². The van der Waals surface area contributed by atoms with Gasteiger partial charge in [-0.05, 0) is 47.8 Å². The molecule has 1 heterocycles. The number of aryl methyl sites for hydroxylation is 1. The average Bonchev–Trinajstić information content (AvgIpc) is 2.56. The van der Waals surface area contributed by atoms with Gasteiger partial charge in [-0.1, -0.05) is 0 Å². The van der Waals surface area contributed by atoms with E-state index in [1.165, 1.54) is 22.7 Å². The molecule has 98 valence electrons. The summed E-state index contributed by atoms with van der Waals surface area (Å²) in [6, 6.07) is 1.66. The molecule has 1 aromatic heterocycles. The van der Waals surface area contributed by atoms with Crippen molar-refractivity contribution in [1.29, 1.82) is 0 Å². The summed E-state index contributed by atoms with van der Waals surface area (Å²) in [4.78, 5) is 0. The van der Waals surface area contributed by atoms with E-state index in [1.54, 1.807) is 13.0 Å². The van der Waals surface area contributed by atoms with Crippen LogP contribution in [0.2, 0.25) is 0 Å². The SMILES string of the molecule is Cc1cc(S(=O)(=O)N(C)CCC(C)O)sc1Br. The van der Waals surface area contributed by atoms with E-state index in [2.05, 4.69) is 15.9 Å². The van der Waals surface area contributed by atoms with Gasteiger partial charge in [-0.25, -0.2) is 12.7 Å². The van der Waals surface area contributed by atoms with Gasteiger partial charge in [0, 0.05) is 13.6 Å². The minimum atomic E-state index is -3.43. The Kier molecular flexibility index (Phi) is 5.15. The van der Waals surface area contributed by atoms with Crippen LogP contribution in [0.15, 0.2) is 14.1 Å². The van der Waals surface area contributed by atoms with Crippen LogP contribution < -0.4 is 0 Å². The summed E-state index contributed by atoms with van der Waals surface area (Å²) in [7, 11) is -1.90. The maximum atomic E-state index is 12.1. The largest absolute Gasteiger partial charge is 0.393 e. The van der Waals surface area contributed by atoms with E-state index < -0.39 is 16.1 Å². The van der Waals surface area contributed by atoms with Gasteiger partial charge in [-0.2, -0.15) is 0 Å². The molecule has 1 aromatic rings.